The highest BCUT2D eigenvalue weighted by molar-refractivity contribution is 4.56. The molecule has 0 radical (unpaired) electrons. The zero-order valence-corrected chi connectivity index (χ0v) is 10.2. The van der Waals surface area contributed by atoms with Gasteiger partial charge in [0.1, 0.15) is 0 Å². The first-order chi connectivity index (χ1) is 6.70. The lowest BCUT2D eigenvalue weighted by molar-refractivity contribution is 0.386. The Kier molecular flexibility index (Phi) is 9.44. The third-order valence-corrected chi connectivity index (χ3v) is 3.17. The number of hydrogen-bond acceptors (Lipinski definition) is 0. The van der Waals surface area contributed by atoms with Crippen LogP contribution in [0.4, 0.5) is 4.39 Å². The molecule has 1 heteroatoms. The first-order valence-electron chi connectivity index (χ1n) is 6.26. The van der Waals surface area contributed by atoms with E-state index in [4.69, 9.17) is 0 Å². The van der Waals surface area contributed by atoms with Crippen molar-refractivity contribution in [1.82, 2.24) is 0 Å². The van der Waals surface area contributed by atoms with Gasteiger partial charge in [-0.2, -0.15) is 0 Å². The van der Waals surface area contributed by atoms with Crippen LogP contribution in [-0.2, 0) is 0 Å². The summed E-state index contributed by atoms with van der Waals surface area (Å²) in [7, 11) is 0. The molecule has 0 aliphatic carbocycles. The van der Waals surface area contributed by atoms with Gasteiger partial charge in [0, 0.05) is 0 Å². The van der Waals surface area contributed by atoms with Crippen LogP contribution < -0.4 is 0 Å². The summed E-state index contributed by atoms with van der Waals surface area (Å²) in [5, 5.41) is 0. The Balaban J connectivity index is 3.18. The van der Waals surface area contributed by atoms with Crippen molar-refractivity contribution in [1.29, 1.82) is 0 Å². The van der Waals surface area contributed by atoms with Gasteiger partial charge in [-0.3, -0.25) is 4.39 Å². The zero-order chi connectivity index (χ0) is 10.8. The minimum atomic E-state index is -0.142. The van der Waals surface area contributed by atoms with Gasteiger partial charge >= 0.3 is 0 Å². The van der Waals surface area contributed by atoms with Gasteiger partial charge in [0.2, 0.25) is 0 Å². The van der Waals surface area contributed by atoms with Crippen LogP contribution in [0.2, 0.25) is 0 Å². The fourth-order valence-electron chi connectivity index (χ4n) is 1.76. The standard InChI is InChI=1S/C13H27F/c1-4-12(2)8-5-6-9-13(3)10-7-11-14/h12-13H,4-11H2,1-3H3. The highest BCUT2D eigenvalue weighted by Crippen LogP contribution is 2.17. The summed E-state index contributed by atoms with van der Waals surface area (Å²) in [5.41, 5.74) is 0. The van der Waals surface area contributed by atoms with Crippen LogP contribution in [0.1, 0.15) is 65.7 Å². The summed E-state index contributed by atoms with van der Waals surface area (Å²) >= 11 is 0. The molecule has 0 spiro atoms. The van der Waals surface area contributed by atoms with Crippen molar-refractivity contribution in [2.45, 2.75) is 65.7 Å². The number of halogens is 1. The second-order valence-corrected chi connectivity index (χ2v) is 4.73. The second-order valence-electron chi connectivity index (χ2n) is 4.73. The molecule has 0 aromatic heterocycles. The minimum absolute atomic E-state index is 0.142. The van der Waals surface area contributed by atoms with Crippen molar-refractivity contribution in [3.8, 4) is 0 Å². The van der Waals surface area contributed by atoms with Crippen LogP contribution in [0.3, 0.4) is 0 Å². The van der Waals surface area contributed by atoms with Gasteiger partial charge < -0.3 is 0 Å². The first-order valence-corrected chi connectivity index (χ1v) is 6.26. The molecule has 0 rings (SSSR count). The highest BCUT2D eigenvalue weighted by atomic mass is 19.1. The van der Waals surface area contributed by atoms with E-state index in [0.717, 1.165) is 24.7 Å². The number of hydrogen-bond donors (Lipinski definition) is 0. The van der Waals surface area contributed by atoms with E-state index in [1.54, 1.807) is 0 Å². The Labute approximate surface area is 89.3 Å². The molecule has 0 aliphatic heterocycles. The number of unbranched alkanes of at least 4 members (excludes halogenated alkanes) is 1. The van der Waals surface area contributed by atoms with E-state index in [0.29, 0.717) is 0 Å². The molecule has 0 aliphatic rings. The van der Waals surface area contributed by atoms with Gasteiger partial charge in [0.15, 0.2) is 0 Å². The maximum atomic E-state index is 11.9. The number of rotatable bonds is 9. The van der Waals surface area contributed by atoms with Crippen LogP contribution in [0, 0.1) is 11.8 Å². The van der Waals surface area contributed by atoms with Crippen molar-refractivity contribution < 1.29 is 4.39 Å². The van der Waals surface area contributed by atoms with Crippen molar-refractivity contribution in [3.05, 3.63) is 0 Å². The lowest BCUT2D eigenvalue weighted by Gasteiger charge is -2.11. The monoisotopic (exact) mass is 202 g/mol. The van der Waals surface area contributed by atoms with Crippen LogP contribution in [0.25, 0.3) is 0 Å². The molecule has 14 heavy (non-hydrogen) atoms. The lowest BCUT2D eigenvalue weighted by atomic mass is 9.95. The fourth-order valence-corrected chi connectivity index (χ4v) is 1.76. The average molecular weight is 202 g/mol. The van der Waals surface area contributed by atoms with E-state index >= 15 is 0 Å². The quantitative estimate of drug-likeness (QED) is 0.463. The van der Waals surface area contributed by atoms with Crippen LogP contribution in [0.15, 0.2) is 0 Å². The number of alkyl halides is 1. The maximum absolute atomic E-state index is 11.9. The maximum Gasteiger partial charge on any atom is 0.0894 e. The molecule has 2 atom stereocenters. The second kappa shape index (κ2) is 9.48. The summed E-state index contributed by atoms with van der Waals surface area (Å²) in [6, 6.07) is 0. The van der Waals surface area contributed by atoms with Gasteiger partial charge in [0.25, 0.3) is 0 Å². The molecule has 0 aromatic rings. The molecule has 0 aromatic carbocycles. The molecule has 0 saturated carbocycles. The first kappa shape index (κ1) is 13.9. The lowest BCUT2D eigenvalue weighted by Crippen LogP contribution is -1.97. The Morgan fingerprint density at radius 2 is 1.36 bits per heavy atom. The van der Waals surface area contributed by atoms with Crippen molar-refractivity contribution >= 4 is 0 Å². The Bertz CT molecular complexity index is 112. The van der Waals surface area contributed by atoms with Crippen molar-refractivity contribution in [2.24, 2.45) is 11.8 Å². The van der Waals surface area contributed by atoms with E-state index in [-0.39, 0.29) is 6.67 Å². The third kappa shape index (κ3) is 8.52. The van der Waals surface area contributed by atoms with Gasteiger partial charge in [-0.15, -0.1) is 0 Å². The molecule has 2 unspecified atom stereocenters. The SMILES string of the molecule is CCC(C)CCCCC(C)CCCF. The van der Waals surface area contributed by atoms with E-state index in [2.05, 4.69) is 20.8 Å². The highest BCUT2D eigenvalue weighted by Gasteiger charge is 2.03. The van der Waals surface area contributed by atoms with E-state index in [1.165, 1.54) is 32.1 Å². The molecule has 0 amide bonds. The molecule has 0 bridgehead atoms. The van der Waals surface area contributed by atoms with Gasteiger partial charge in [-0.05, 0) is 24.7 Å². The predicted molar refractivity (Wildman–Crippen MR) is 62.3 cm³/mol. The molecule has 0 nitrogen and oxygen atoms in total. The molecular formula is C13H27F. The van der Waals surface area contributed by atoms with Crippen molar-refractivity contribution in [2.75, 3.05) is 6.67 Å². The smallest absolute Gasteiger partial charge is 0.0894 e. The van der Waals surface area contributed by atoms with E-state index < -0.39 is 0 Å². The molecular weight excluding hydrogens is 175 g/mol. The third-order valence-electron chi connectivity index (χ3n) is 3.17. The van der Waals surface area contributed by atoms with Crippen LogP contribution >= 0.6 is 0 Å². The summed E-state index contributed by atoms with van der Waals surface area (Å²) in [5.74, 6) is 1.61. The fraction of sp³-hybridized carbons (Fsp3) is 1.00. The Morgan fingerprint density at radius 1 is 0.857 bits per heavy atom. The minimum Gasteiger partial charge on any atom is -0.251 e. The van der Waals surface area contributed by atoms with Crippen molar-refractivity contribution in [3.63, 3.8) is 0 Å². The Morgan fingerprint density at radius 3 is 1.86 bits per heavy atom. The topological polar surface area (TPSA) is 0 Å². The normalized spacial score (nSPS) is 15.4. The summed E-state index contributed by atoms with van der Waals surface area (Å²) in [6.07, 6.45) is 8.47. The summed E-state index contributed by atoms with van der Waals surface area (Å²) < 4.78 is 11.9. The van der Waals surface area contributed by atoms with Gasteiger partial charge in [0.05, 0.1) is 6.67 Å². The molecule has 0 heterocycles. The Hall–Kier alpha value is -0.0700. The largest absolute Gasteiger partial charge is 0.251 e. The predicted octanol–water partition coefficient (Wildman–Crippen LogP) is 4.98. The van der Waals surface area contributed by atoms with Gasteiger partial charge in [-0.1, -0.05) is 52.9 Å². The van der Waals surface area contributed by atoms with Crippen LogP contribution in [0.5, 0.6) is 0 Å². The molecule has 86 valence electrons. The van der Waals surface area contributed by atoms with E-state index in [1.807, 2.05) is 0 Å². The summed E-state index contributed by atoms with van der Waals surface area (Å²) in [4.78, 5) is 0. The average Bonchev–Trinajstić information content (AvgIpc) is 2.21. The van der Waals surface area contributed by atoms with Gasteiger partial charge in [-0.25, -0.2) is 0 Å². The van der Waals surface area contributed by atoms with E-state index in [9.17, 15) is 4.39 Å². The molecule has 0 saturated heterocycles. The molecule has 0 fully saturated rings. The van der Waals surface area contributed by atoms with Crippen LogP contribution in [-0.4, -0.2) is 6.67 Å². The molecule has 0 N–H and O–H groups in total. The summed E-state index contributed by atoms with van der Waals surface area (Å²) in [6.45, 7) is 6.69. The zero-order valence-electron chi connectivity index (χ0n) is 10.2.